The number of carbonyl (C=O) groups excluding carboxylic acids is 1. The van der Waals surface area contributed by atoms with E-state index in [1.54, 1.807) is 0 Å². The van der Waals surface area contributed by atoms with Gasteiger partial charge in [0.25, 0.3) is 5.91 Å². The molecule has 0 aliphatic carbocycles. The van der Waals surface area contributed by atoms with Gasteiger partial charge in [0.2, 0.25) is 0 Å². The largest absolute Gasteiger partial charge is 0.480 e. The Labute approximate surface area is 134 Å². The van der Waals surface area contributed by atoms with E-state index >= 15 is 0 Å². The molecule has 0 heterocycles. The first-order chi connectivity index (χ1) is 10.8. The summed E-state index contributed by atoms with van der Waals surface area (Å²) in [6.07, 6.45) is 1.45. The molecule has 0 aliphatic heterocycles. The van der Waals surface area contributed by atoms with Gasteiger partial charge >= 0.3 is 5.97 Å². The summed E-state index contributed by atoms with van der Waals surface area (Å²) in [7, 11) is -3.60. The number of rotatable bonds is 9. The second kappa shape index (κ2) is 8.44. The molecule has 0 spiro atoms. The van der Waals surface area contributed by atoms with E-state index in [0.717, 1.165) is 0 Å². The molecule has 0 bridgehead atoms. The summed E-state index contributed by atoms with van der Waals surface area (Å²) in [5.41, 5.74) is -0.0932. The molecule has 0 fully saturated rings. The molecule has 0 radical (unpaired) electrons. The molecule has 126 valence electrons. The van der Waals surface area contributed by atoms with Crippen molar-refractivity contribution in [3.05, 3.63) is 42.5 Å². The van der Waals surface area contributed by atoms with Crippen LogP contribution in [-0.2, 0) is 19.4 Å². The Morgan fingerprint density at radius 2 is 2.04 bits per heavy atom. The van der Waals surface area contributed by atoms with Gasteiger partial charge in [-0.3, -0.25) is 4.79 Å². The van der Waals surface area contributed by atoms with Crippen molar-refractivity contribution >= 4 is 21.7 Å². The Morgan fingerprint density at radius 1 is 1.39 bits per heavy atom. The van der Waals surface area contributed by atoms with Crippen LogP contribution in [0.1, 0.15) is 17.3 Å². The van der Waals surface area contributed by atoms with E-state index in [1.165, 1.54) is 37.3 Å². The molecular weight excluding hydrogens is 322 g/mol. The van der Waals surface area contributed by atoms with Crippen molar-refractivity contribution in [3.8, 4) is 0 Å². The number of carboxylic acids is 1. The Morgan fingerprint density at radius 3 is 2.61 bits per heavy atom. The molecule has 1 aromatic carbocycles. The van der Waals surface area contributed by atoms with Gasteiger partial charge in [-0.2, -0.15) is 0 Å². The van der Waals surface area contributed by atoms with Crippen LogP contribution in [0.25, 0.3) is 0 Å². The highest BCUT2D eigenvalue weighted by molar-refractivity contribution is 7.91. The number of carbonyl (C=O) groups is 2. The zero-order valence-electron chi connectivity index (χ0n) is 12.7. The molecule has 1 aromatic rings. The Kier molecular flexibility index (Phi) is 6.92. The fraction of sp³-hybridized carbons (Fsp3) is 0.333. The molecule has 0 aromatic heterocycles. The minimum atomic E-state index is -3.60. The standard InChI is InChI=1S/C15H19NO6S/c1-3-9-22-10-12(15(18)19)16-14(17)11-7-5-6-8-13(11)23(20,21)4-2/h3,5-8,12H,1,4,9-10H2,2H3,(H,16,17)(H,18,19). The summed E-state index contributed by atoms with van der Waals surface area (Å²) >= 11 is 0. The second-order valence-electron chi connectivity index (χ2n) is 4.59. The van der Waals surface area contributed by atoms with Crippen LogP contribution in [0.2, 0.25) is 0 Å². The molecule has 7 nitrogen and oxygen atoms in total. The van der Waals surface area contributed by atoms with E-state index in [2.05, 4.69) is 11.9 Å². The average Bonchev–Trinajstić information content (AvgIpc) is 2.53. The normalized spacial score (nSPS) is 12.4. The van der Waals surface area contributed by atoms with Gasteiger partial charge in [-0.05, 0) is 12.1 Å². The quantitative estimate of drug-likeness (QED) is 0.509. The van der Waals surface area contributed by atoms with Crippen LogP contribution in [0.15, 0.2) is 41.8 Å². The maximum Gasteiger partial charge on any atom is 0.328 e. The van der Waals surface area contributed by atoms with Gasteiger partial charge in [-0.25, -0.2) is 13.2 Å². The lowest BCUT2D eigenvalue weighted by Gasteiger charge is -2.15. The number of ether oxygens (including phenoxy) is 1. The van der Waals surface area contributed by atoms with E-state index in [4.69, 9.17) is 9.84 Å². The van der Waals surface area contributed by atoms with Gasteiger partial charge in [0.05, 0.1) is 29.4 Å². The molecule has 1 amide bonds. The number of hydrogen-bond donors (Lipinski definition) is 2. The zero-order chi connectivity index (χ0) is 17.5. The first-order valence-corrected chi connectivity index (χ1v) is 8.52. The van der Waals surface area contributed by atoms with Crippen molar-refractivity contribution in [2.24, 2.45) is 0 Å². The second-order valence-corrected chi connectivity index (χ2v) is 6.84. The SMILES string of the molecule is C=CCOCC(NC(=O)c1ccccc1S(=O)(=O)CC)C(=O)O. The highest BCUT2D eigenvalue weighted by atomic mass is 32.2. The maximum atomic E-state index is 12.3. The molecule has 0 saturated carbocycles. The zero-order valence-corrected chi connectivity index (χ0v) is 13.5. The lowest BCUT2D eigenvalue weighted by molar-refractivity contribution is -0.140. The van der Waals surface area contributed by atoms with E-state index in [1.807, 2.05) is 0 Å². The minimum absolute atomic E-state index is 0.0932. The van der Waals surface area contributed by atoms with Gasteiger partial charge in [-0.15, -0.1) is 6.58 Å². The summed E-state index contributed by atoms with van der Waals surface area (Å²) in [6.45, 7) is 4.78. The smallest absolute Gasteiger partial charge is 0.328 e. The molecule has 23 heavy (non-hydrogen) atoms. The van der Waals surface area contributed by atoms with Crippen molar-refractivity contribution in [2.45, 2.75) is 17.9 Å². The summed E-state index contributed by atoms with van der Waals surface area (Å²) in [5, 5.41) is 11.4. The van der Waals surface area contributed by atoms with Crippen LogP contribution in [0.5, 0.6) is 0 Å². The number of nitrogens with one attached hydrogen (secondary N) is 1. The van der Waals surface area contributed by atoms with Crippen molar-refractivity contribution < 1.29 is 27.9 Å². The molecule has 8 heteroatoms. The van der Waals surface area contributed by atoms with E-state index in [-0.39, 0.29) is 29.4 Å². The molecule has 1 atom stereocenters. The van der Waals surface area contributed by atoms with Crippen molar-refractivity contribution in [1.29, 1.82) is 0 Å². The summed E-state index contributed by atoms with van der Waals surface area (Å²) in [6, 6.07) is 4.37. The number of benzene rings is 1. The predicted octanol–water partition coefficient (Wildman–Crippen LogP) is 0.866. The summed E-state index contributed by atoms with van der Waals surface area (Å²) < 4.78 is 29.1. The van der Waals surface area contributed by atoms with Gasteiger partial charge in [0.1, 0.15) is 0 Å². The Hall–Kier alpha value is -2.19. The highest BCUT2D eigenvalue weighted by Gasteiger charge is 2.25. The topological polar surface area (TPSA) is 110 Å². The first kappa shape index (κ1) is 18.9. The average molecular weight is 341 g/mol. The van der Waals surface area contributed by atoms with Crippen LogP contribution in [0.3, 0.4) is 0 Å². The maximum absolute atomic E-state index is 12.3. The van der Waals surface area contributed by atoms with Gasteiger partial charge < -0.3 is 15.2 Å². The summed E-state index contributed by atoms with van der Waals surface area (Å²) in [5.74, 6) is -2.23. The predicted molar refractivity (Wildman–Crippen MR) is 84.1 cm³/mol. The van der Waals surface area contributed by atoms with Crippen molar-refractivity contribution in [3.63, 3.8) is 0 Å². The molecule has 2 N–H and O–H groups in total. The fourth-order valence-electron chi connectivity index (χ4n) is 1.76. The van der Waals surface area contributed by atoms with Gasteiger partial charge in [-0.1, -0.05) is 25.1 Å². The van der Waals surface area contributed by atoms with E-state index < -0.39 is 27.8 Å². The number of amides is 1. The van der Waals surface area contributed by atoms with E-state index in [9.17, 15) is 18.0 Å². The molecule has 1 rings (SSSR count). The third-order valence-electron chi connectivity index (χ3n) is 2.97. The van der Waals surface area contributed by atoms with Crippen LogP contribution >= 0.6 is 0 Å². The first-order valence-electron chi connectivity index (χ1n) is 6.87. The third kappa shape index (κ3) is 5.19. The van der Waals surface area contributed by atoms with Crippen molar-refractivity contribution in [1.82, 2.24) is 5.32 Å². The lowest BCUT2D eigenvalue weighted by Crippen LogP contribution is -2.44. The third-order valence-corrected chi connectivity index (χ3v) is 4.76. The molecule has 1 unspecified atom stereocenters. The highest BCUT2D eigenvalue weighted by Crippen LogP contribution is 2.17. The fourth-order valence-corrected chi connectivity index (χ4v) is 2.85. The van der Waals surface area contributed by atoms with Crippen LogP contribution in [-0.4, -0.2) is 50.4 Å². The Balaban J connectivity index is 3.01. The van der Waals surface area contributed by atoms with Gasteiger partial charge in [0, 0.05) is 0 Å². The number of sulfone groups is 1. The van der Waals surface area contributed by atoms with E-state index in [0.29, 0.717) is 0 Å². The lowest BCUT2D eigenvalue weighted by atomic mass is 10.2. The van der Waals surface area contributed by atoms with Crippen LogP contribution in [0.4, 0.5) is 0 Å². The Bertz CT molecular complexity index is 683. The summed E-state index contributed by atoms with van der Waals surface area (Å²) in [4.78, 5) is 23.3. The van der Waals surface area contributed by atoms with Crippen LogP contribution < -0.4 is 5.32 Å². The molecule has 0 saturated heterocycles. The van der Waals surface area contributed by atoms with Crippen molar-refractivity contribution in [2.75, 3.05) is 19.0 Å². The van der Waals surface area contributed by atoms with Crippen LogP contribution in [0, 0.1) is 0 Å². The monoisotopic (exact) mass is 341 g/mol. The minimum Gasteiger partial charge on any atom is -0.480 e. The van der Waals surface area contributed by atoms with Gasteiger partial charge in [0.15, 0.2) is 15.9 Å². The molecule has 0 aliphatic rings. The number of aliphatic carboxylic acids is 1. The number of hydrogen-bond acceptors (Lipinski definition) is 5. The molecular formula is C15H19NO6S. The number of carboxylic acid groups (broad SMARTS) is 1.